The van der Waals surface area contributed by atoms with Gasteiger partial charge in [0.05, 0.1) is 33.5 Å². The summed E-state index contributed by atoms with van der Waals surface area (Å²) < 4.78 is 23.8. The zero-order valence-electron chi connectivity index (χ0n) is 22.5. The van der Waals surface area contributed by atoms with E-state index in [9.17, 15) is 9.59 Å². The second-order valence-electron chi connectivity index (χ2n) is 9.68. The maximum atomic E-state index is 15.1. The fraction of sp³-hybridized carbons (Fsp3) is 0.226. The molecule has 3 heterocycles. The lowest BCUT2D eigenvalue weighted by Crippen LogP contribution is -2.38. The molecule has 0 bridgehead atoms. The molecule has 0 radical (unpaired) electrons. The Balaban J connectivity index is 1.28. The van der Waals surface area contributed by atoms with E-state index in [1.54, 1.807) is 29.6 Å². The van der Waals surface area contributed by atoms with Crippen molar-refractivity contribution in [1.82, 2.24) is 14.5 Å². The smallest absolute Gasteiger partial charge is 0.234 e. The number of nitrogens with zero attached hydrogens (tertiary/aromatic N) is 4. The molecule has 0 atom stereocenters. The van der Waals surface area contributed by atoms with Gasteiger partial charge in [-0.3, -0.25) is 14.6 Å². The van der Waals surface area contributed by atoms with Gasteiger partial charge in [0.2, 0.25) is 5.91 Å². The number of aryl methyl sites for hydroxylation is 1. The molecule has 7 nitrogen and oxygen atoms in total. The number of carbonyl (C=O) groups excluding carboxylic acids is 2. The fourth-order valence-corrected chi connectivity index (χ4v) is 5.53. The highest BCUT2D eigenvalue weighted by Gasteiger charge is 2.22. The molecule has 0 fully saturated rings. The Morgan fingerprint density at radius 1 is 1.05 bits per heavy atom. The van der Waals surface area contributed by atoms with Crippen LogP contribution in [-0.4, -0.2) is 32.3 Å². The number of thiophene rings is 1. The van der Waals surface area contributed by atoms with Crippen molar-refractivity contribution >= 4 is 38.9 Å². The fourth-order valence-electron chi connectivity index (χ4n) is 4.50. The van der Waals surface area contributed by atoms with Gasteiger partial charge in [0.1, 0.15) is 11.5 Å². The number of ketones is 1. The third-order valence-electron chi connectivity index (χ3n) is 6.41. The summed E-state index contributed by atoms with van der Waals surface area (Å²) in [5.41, 5.74) is 2.79. The van der Waals surface area contributed by atoms with Crippen LogP contribution in [0.3, 0.4) is 0 Å². The van der Waals surface area contributed by atoms with Crippen molar-refractivity contribution in [3.8, 4) is 22.1 Å². The molecule has 5 aromatic rings. The Labute approximate surface area is 235 Å². The molecule has 204 valence electrons. The van der Waals surface area contributed by atoms with E-state index in [2.05, 4.69) is 9.97 Å². The topological polar surface area (TPSA) is 77.3 Å². The number of imidazole rings is 1. The lowest BCUT2D eigenvalue weighted by Gasteiger charge is -2.26. The van der Waals surface area contributed by atoms with Gasteiger partial charge >= 0.3 is 0 Å². The highest BCUT2D eigenvalue weighted by molar-refractivity contribution is 7.22. The summed E-state index contributed by atoms with van der Waals surface area (Å²) in [7, 11) is 0. The summed E-state index contributed by atoms with van der Waals surface area (Å²) in [6.07, 6.45) is 5.06. The van der Waals surface area contributed by atoms with Crippen LogP contribution in [0.2, 0.25) is 0 Å². The zero-order valence-corrected chi connectivity index (χ0v) is 23.3. The van der Waals surface area contributed by atoms with Crippen LogP contribution < -0.4 is 9.64 Å². The largest absolute Gasteiger partial charge is 0.453 e. The summed E-state index contributed by atoms with van der Waals surface area (Å²) in [5.74, 6) is -0.635. The number of anilines is 1. The number of ether oxygens (including phenoxy) is 1. The third-order valence-corrected chi connectivity index (χ3v) is 7.57. The van der Waals surface area contributed by atoms with Gasteiger partial charge in [-0.25, -0.2) is 9.37 Å². The number of amides is 1. The van der Waals surface area contributed by atoms with E-state index in [0.29, 0.717) is 11.3 Å². The average molecular weight is 557 g/mol. The van der Waals surface area contributed by atoms with Crippen molar-refractivity contribution in [3.05, 3.63) is 90.8 Å². The minimum atomic E-state index is -0.590. The first-order valence-corrected chi connectivity index (χ1v) is 13.9. The molecule has 0 aliphatic heterocycles. The van der Waals surface area contributed by atoms with E-state index in [4.69, 9.17) is 4.74 Å². The number of hydrogen-bond acceptors (Lipinski definition) is 6. The lowest BCUT2D eigenvalue weighted by molar-refractivity contribution is -0.126. The standard InChI is InChI=1S/C31H29FN4O3S/c1-4-35-18-26(34-19-35)29-17-25-31(40-29)28(12-13-33-25)39-27-11-10-21(15-24(27)32)14-23(37)16-30(38)36(20(2)3)22-8-6-5-7-9-22/h5-13,15,17-20H,4,14,16H2,1-3H3. The van der Waals surface area contributed by atoms with Crippen LogP contribution in [0.1, 0.15) is 32.8 Å². The Hall–Kier alpha value is -4.37. The number of fused-ring (bicyclic) bond motifs is 1. The van der Waals surface area contributed by atoms with E-state index in [1.807, 2.05) is 67.9 Å². The molecule has 0 spiro atoms. The number of pyridine rings is 1. The number of carbonyl (C=O) groups is 2. The number of rotatable bonds is 10. The predicted octanol–water partition coefficient (Wildman–Crippen LogP) is 7.05. The molecule has 0 unspecified atom stereocenters. The van der Waals surface area contributed by atoms with Crippen LogP contribution in [0, 0.1) is 5.82 Å². The average Bonchev–Trinajstić information content (AvgIpc) is 3.58. The highest BCUT2D eigenvalue weighted by atomic mass is 32.1. The third kappa shape index (κ3) is 5.94. The molecule has 0 saturated heterocycles. The number of para-hydroxylation sites is 1. The second-order valence-corrected chi connectivity index (χ2v) is 10.7. The number of benzene rings is 2. The summed E-state index contributed by atoms with van der Waals surface area (Å²) in [6, 6.07) is 17.2. The Bertz CT molecular complexity index is 1660. The molecule has 0 N–H and O–H groups in total. The molecule has 0 saturated carbocycles. The molecule has 0 aliphatic rings. The van der Waals surface area contributed by atoms with Gasteiger partial charge in [0.25, 0.3) is 0 Å². The number of aromatic nitrogens is 3. The molecule has 9 heteroatoms. The number of halogens is 1. The van der Waals surface area contributed by atoms with Gasteiger partial charge < -0.3 is 14.2 Å². The monoisotopic (exact) mass is 556 g/mol. The second kappa shape index (κ2) is 11.8. The van der Waals surface area contributed by atoms with Crippen LogP contribution in [0.4, 0.5) is 10.1 Å². The van der Waals surface area contributed by atoms with Crippen LogP contribution in [0.25, 0.3) is 20.8 Å². The normalized spacial score (nSPS) is 11.2. The quantitative estimate of drug-likeness (QED) is 0.172. The summed E-state index contributed by atoms with van der Waals surface area (Å²) >= 11 is 1.48. The van der Waals surface area contributed by atoms with E-state index in [1.165, 1.54) is 23.5 Å². The van der Waals surface area contributed by atoms with Crippen LogP contribution in [0.15, 0.2) is 79.4 Å². The van der Waals surface area contributed by atoms with Crippen molar-refractivity contribution in [1.29, 1.82) is 0 Å². The Morgan fingerprint density at radius 2 is 1.85 bits per heavy atom. The highest BCUT2D eigenvalue weighted by Crippen LogP contribution is 2.39. The molecule has 0 aliphatic carbocycles. The molecular weight excluding hydrogens is 527 g/mol. The van der Waals surface area contributed by atoms with Gasteiger partial charge in [-0.1, -0.05) is 24.3 Å². The molecule has 5 rings (SSSR count). The van der Waals surface area contributed by atoms with Crippen LogP contribution >= 0.6 is 11.3 Å². The van der Waals surface area contributed by atoms with Gasteiger partial charge in [0.15, 0.2) is 11.6 Å². The first-order chi connectivity index (χ1) is 19.3. The minimum Gasteiger partial charge on any atom is -0.453 e. The summed E-state index contributed by atoms with van der Waals surface area (Å²) in [5, 5.41) is 0. The van der Waals surface area contributed by atoms with E-state index >= 15 is 4.39 Å². The van der Waals surface area contributed by atoms with E-state index in [-0.39, 0.29) is 36.3 Å². The maximum absolute atomic E-state index is 15.1. The first kappa shape index (κ1) is 27.2. The van der Waals surface area contributed by atoms with Gasteiger partial charge in [0, 0.05) is 43.2 Å². The van der Waals surface area contributed by atoms with Crippen molar-refractivity contribution in [2.45, 2.75) is 46.2 Å². The SMILES string of the molecule is CCn1cnc(-c2cc3nccc(Oc4ccc(CC(=O)CC(=O)N(c5ccccc5)C(C)C)cc4F)c3s2)c1. The Kier molecular flexibility index (Phi) is 8.02. The van der Waals surface area contributed by atoms with E-state index < -0.39 is 5.82 Å². The van der Waals surface area contributed by atoms with Gasteiger partial charge in [-0.15, -0.1) is 11.3 Å². The summed E-state index contributed by atoms with van der Waals surface area (Å²) in [6.45, 7) is 6.67. The minimum absolute atomic E-state index is 0.0417. The number of Topliss-reactive ketones (excluding diaryl/α,β-unsaturated/α-hetero) is 1. The molecule has 40 heavy (non-hydrogen) atoms. The Morgan fingerprint density at radius 3 is 2.55 bits per heavy atom. The van der Waals surface area contributed by atoms with E-state index in [0.717, 1.165) is 33.0 Å². The first-order valence-electron chi connectivity index (χ1n) is 13.1. The molecule has 2 aromatic carbocycles. The molecular formula is C31H29FN4O3S. The van der Waals surface area contributed by atoms with Crippen molar-refractivity contribution in [2.75, 3.05) is 4.90 Å². The predicted molar refractivity (Wildman–Crippen MR) is 155 cm³/mol. The van der Waals surface area contributed by atoms with Crippen molar-refractivity contribution in [3.63, 3.8) is 0 Å². The number of hydrogen-bond donors (Lipinski definition) is 0. The molecule has 3 aromatic heterocycles. The van der Waals surface area contributed by atoms with Crippen molar-refractivity contribution < 1.29 is 18.7 Å². The molecule has 1 amide bonds. The van der Waals surface area contributed by atoms with Gasteiger partial charge in [-0.2, -0.15) is 0 Å². The summed E-state index contributed by atoms with van der Waals surface area (Å²) in [4.78, 5) is 37.1. The lowest BCUT2D eigenvalue weighted by atomic mass is 10.1. The van der Waals surface area contributed by atoms with Crippen molar-refractivity contribution in [2.24, 2.45) is 0 Å². The van der Waals surface area contributed by atoms with Crippen LogP contribution in [0.5, 0.6) is 11.5 Å². The van der Waals surface area contributed by atoms with Crippen LogP contribution in [-0.2, 0) is 22.6 Å². The maximum Gasteiger partial charge on any atom is 0.234 e. The zero-order chi connectivity index (χ0) is 28.2. The van der Waals surface area contributed by atoms with Gasteiger partial charge in [-0.05, 0) is 56.7 Å².